The van der Waals surface area contributed by atoms with E-state index in [-0.39, 0.29) is 12.2 Å². The summed E-state index contributed by atoms with van der Waals surface area (Å²) in [6, 6.07) is 0. The molecular weight excluding hydrogens is 120 g/mol. The first kappa shape index (κ1) is 5.09. The van der Waals surface area contributed by atoms with E-state index in [9.17, 15) is 4.79 Å². The zero-order valence-electron chi connectivity index (χ0n) is 5.00. The van der Waals surface area contributed by atoms with Crippen LogP contribution in [0.2, 0.25) is 0 Å². The van der Waals surface area contributed by atoms with E-state index in [1.807, 2.05) is 0 Å². The Morgan fingerprint density at radius 2 is 1.78 bits per heavy atom. The third-order valence-electron chi connectivity index (χ3n) is 1.86. The van der Waals surface area contributed by atoms with Gasteiger partial charge in [0.2, 0.25) is 0 Å². The Morgan fingerprint density at radius 3 is 2.33 bits per heavy atom. The van der Waals surface area contributed by atoms with Crippen molar-refractivity contribution in [3.63, 3.8) is 0 Å². The van der Waals surface area contributed by atoms with Gasteiger partial charge >= 0.3 is 6.16 Å². The van der Waals surface area contributed by atoms with E-state index in [0.29, 0.717) is 0 Å². The maximum absolute atomic E-state index is 10.5. The third-order valence-corrected chi connectivity index (χ3v) is 1.86. The average molecular weight is 128 g/mol. The lowest BCUT2D eigenvalue weighted by atomic mass is 10.3. The second-order valence-electron chi connectivity index (χ2n) is 2.54. The lowest BCUT2D eigenvalue weighted by Crippen LogP contribution is -2.26. The summed E-state index contributed by atoms with van der Waals surface area (Å²) in [5, 5.41) is 0. The standard InChI is InChI=1S/C6H8O3/c7-6-8-4-1-2-5(3-4)9-6/h4-5H,1-3H2. The quantitative estimate of drug-likeness (QED) is 0.458. The van der Waals surface area contributed by atoms with E-state index in [4.69, 9.17) is 9.47 Å². The van der Waals surface area contributed by atoms with Gasteiger partial charge in [-0.25, -0.2) is 4.79 Å². The summed E-state index contributed by atoms with van der Waals surface area (Å²) in [5.74, 6) is 0. The molecule has 0 aromatic carbocycles. The maximum Gasteiger partial charge on any atom is 0.508 e. The molecule has 1 saturated heterocycles. The Hall–Kier alpha value is -0.730. The molecule has 1 saturated carbocycles. The number of hydrogen-bond acceptors (Lipinski definition) is 3. The van der Waals surface area contributed by atoms with Gasteiger partial charge in [-0.15, -0.1) is 0 Å². The van der Waals surface area contributed by atoms with Crippen LogP contribution < -0.4 is 0 Å². The SMILES string of the molecule is O=C1OC2CCC(C2)O1. The lowest BCUT2D eigenvalue weighted by molar-refractivity contribution is -0.0271. The molecule has 3 heteroatoms. The smallest absolute Gasteiger partial charge is 0.431 e. The second-order valence-corrected chi connectivity index (χ2v) is 2.54. The number of fused-ring (bicyclic) bond motifs is 2. The molecule has 2 fully saturated rings. The van der Waals surface area contributed by atoms with Crippen molar-refractivity contribution in [1.29, 1.82) is 0 Å². The average Bonchev–Trinajstić information content (AvgIpc) is 2.11. The van der Waals surface area contributed by atoms with Crippen LogP contribution in [0.5, 0.6) is 0 Å². The van der Waals surface area contributed by atoms with Crippen LogP contribution in [0.4, 0.5) is 4.79 Å². The van der Waals surface area contributed by atoms with Crippen LogP contribution in [0.15, 0.2) is 0 Å². The van der Waals surface area contributed by atoms with Crippen molar-refractivity contribution >= 4 is 6.16 Å². The maximum atomic E-state index is 10.5. The Balaban J connectivity index is 2.11. The molecule has 1 aliphatic heterocycles. The molecule has 0 spiro atoms. The minimum atomic E-state index is -0.478. The first-order chi connectivity index (χ1) is 4.34. The number of hydrogen-bond donors (Lipinski definition) is 0. The normalized spacial score (nSPS) is 39.8. The molecule has 2 rings (SSSR count). The predicted octanol–water partition coefficient (Wildman–Crippen LogP) is 1.07. The van der Waals surface area contributed by atoms with Crippen molar-refractivity contribution < 1.29 is 14.3 Å². The molecule has 3 nitrogen and oxygen atoms in total. The molecule has 0 aromatic heterocycles. The van der Waals surface area contributed by atoms with Gasteiger partial charge in [-0.05, 0) is 12.8 Å². The molecule has 2 unspecified atom stereocenters. The van der Waals surface area contributed by atoms with Crippen LogP contribution in [0.1, 0.15) is 19.3 Å². The minimum Gasteiger partial charge on any atom is -0.431 e. The van der Waals surface area contributed by atoms with Crippen LogP contribution in [-0.2, 0) is 9.47 Å². The number of ether oxygens (including phenoxy) is 2. The van der Waals surface area contributed by atoms with E-state index in [2.05, 4.69) is 0 Å². The molecule has 0 aromatic rings. The van der Waals surface area contributed by atoms with Crippen LogP contribution in [0.25, 0.3) is 0 Å². The topological polar surface area (TPSA) is 35.5 Å². The van der Waals surface area contributed by atoms with Gasteiger partial charge in [0.15, 0.2) is 0 Å². The van der Waals surface area contributed by atoms with Crippen molar-refractivity contribution in [1.82, 2.24) is 0 Å². The van der Waals surface area contributed by atoms with Gasteiger partial charge in [0.1, 0.15) is 12.2 Å². The van der Waals surface area contributed by atoms with Crippen LogP contribution >= 0.6 is 0 Å². The molecule has 0 N–H and O–H groups in total. The fourth-order valence-electron chi connectivity index (χ4n) is 1.41. The summed E-state index contributed by atoms with van der Waals surface area (Å²) in [7, 11) is 0. The molecule has 2 atom stereocenters. The lowest BCUT2D eigenvalue weighted by Gasteiger charge is -2.18. The van der Waals surface area contributed by atoms with Crippen LogP contribution in [0, 0.1) is 0 Å². The van der Waals surface area contributed by atoms with E-state index in [0.717, 1.165) is 19.3 Å². The summed E-state index contributed by atoms with van der Waals surface area (Å²) in [6.07, 6.45) is 2.72. The van der Waals surface area contributed by atoms with Gasteiger partial charge < -0.3 is 9.47 Å². The van der Waals surface area contributed by atoms with Crippen molar-refractivity contribution in [2.75, 3.05) is 0 Å². The molecule has 50 valence electrons. The Bertz CT molecular complexity index is 129. The second kappa shape index (κ2) is 1.62. The summed E-state index contributed by atoms with van der Waals surface area (Å²) in [6.45, 7) is 0. The molecule has 0 radical (unpaired) electrons. The van der Waals surface area contributed by atoms with E-state index >= 15 is 0 Å². The monoisotopic (exact) mass is 128 g/mol. The summed E-state index contributed by atoms with van der Waals surface area (Å²) in [5.41, 5.74) is 0. The van der Waals surface area contributed by atoms with Crippen molar-refractivity contribution in [3.8, 4) is 0 Å². The Morgan fingerprint density at radius 1 is 1.22 bits per heavy atom. The zero-order valence-corrected chi connectivity index (χ0v) is 5.00. The summed E-state index contributed by atoms with van der Waals surface area (Å²) >= 11 is 0. The first-order valence-electron chi connectivity index (χ1n) is 3.22. The van der Waals surface area contributed by atoms with E-state index in [1.165, 1.54) is 0 Å². The molecule has 1 heterocycles. The fraction of sp³-hybridized carbons (Fsp3) is 0.833. The van der Waals surface area contributed by atoms with Crippen molar-refractivity contribution in [2.45, 2.75) is 31.5 Å². The van der Waals surface area contributed by atoms with E-state index < -0.39 is 6.16 Å². The molecule has 1 aliphatic carbocycles. The van der Waals surface area contributed by atoms with Gasteiger partial charge in [-0.1, -0.05) is 0 Å². The third kappa shape index (κ3) is 0.763. The Kier molecular flexibility index (Phi) is 0.917. The number of carbonyl (C=O) groups excluding carboxylic acids is 1. The van der Waals surface area contributed by atoms with Crippen LogP contribution in [0.3, 0.4) is 0 Å². The summed E-state index contributed by atoms with van der Waals surface area (Å²) in [4.78, 5) is 10.5. The fourth-order valence-corrected chi connectivity index (χ4v) is 1.41. The molecular formula is C6H8O3. The highest BCUT2D eigenvalue weighted by Crippen LogP contribution is 2.29. The summed E-state index contributed by atoms with van der Waals surface area (Å²) < 4.78 is 9.63. The minimum absolute atomic E-state index is 0.163. The zero-order chi connectivity index (χ0) is 6.27. The highest BCUT2D eigenvalue weighted by molar-refractivity contribution is 5.61. The molecule has 0 amide bonds. The predicted molar refractivity (Wildman–Crippen MR) is 29.0 cm³/mol. The molecule has 2 aliphatic rings. The highest BCUT2D eigenvalue weighted by atomic mass is 16.7. The first-order valence-corrected chi connectivity index (χ1v) is 3.22. The van der Waals surface area contributed by atoms with Gasteiger partial charge in [0, 0.05) is 6.42 Å². The molecule has 9 heavy (non-hydrogen) atoms. The largest absolute Gasteiger partial charge is 0.508 e. The number of carbonyl (C=O) groups is 1. The van der Waals surface area contributed by atoms with Crippen molar-refractivity contribution in [2.24, 2.45) is 0 Å². The Labute approximate surface area is 52.9 Å². The number of rotatable bonds is 0. The highest BCUT2D eigenvalue weighted by Gasteiger charge is 2.35. The van der Waals surface area contributed by atoms with Gasteiger partial charge in [-0.2, -0.15) is 0 Å². The van der Waals surface area contributed by atoms with Gasteiger partial charge in [0.05, 0.1) is 0 Å². The van der Waals surface area contributed by atoms with Crippen LogP contribution in [-0.4, -0.2) is 18.4 Å². The van der Waals surface area contributed by atoms with Crippen molar-refractivity contribution in [3.05, 3.63) is 0 Å². The van der Waals surface area contributed by atoms with Gasteiger partial charge in [-0.3, -0.25) is 0 Å². The van der Waals surface area contributed by atoms with E-state index in [1.54, 1.807) is 0 Å². The molecule has 2 bridgehead atoms. The van der Waals surface area contributed by atoms with Gasteiger partial charge in [0.25, 0.3) is 0 Å².